The first-order valence-corrected chi connectivity index (χ1v) is 4.46. The van der Waals surface area contributed by atoms with Crippen LogP contribution in [0, 0.1) is 12.1 Å². The number of rotatable bonds is 2. The van der Waals surface area contributed by atoms with Crippen LogP contribution >= 0.6 is 0 Å². The summed E-state index contributed by atoms with van der Waals surface area (Å²) >= 11 is 0. The summed E-state index contributed by atoms with van der Waals surface area (Å²) in [4.78, 5) is 1.09. The third-order valence-corrected chi connectivity index (χ3v) is 2.40. The normalized spacial score (nSPS) is 18.2. The maximum absolute atomic E-state index is 12.1. The Morgan fingerprint density at radius 3 is 2.57 bits per heavy atom. The zero-order valence-corrected chi connectivity index (χ0v) is 7.38. The Bertz CT molecular complexity index is 314. The van der Waals surface area contributed by atoms with Crippen molar-refractivity contribution in [3.8, 4) is 0 Å². The van der Waals surface area contributed by atoms with E-state index in [1.807, 2.05) is 6.20 Å². The van der Waals surface area contributed by atoms with Crippen LogP contribution in [-0.2, 0) is 12.7 Å². The molecule has 1 aromatic heterocycles. The van der Waals surface area contributed by atoms with Gasteiger partial charge in [-0.2, -0.15) is 23.1 Å². The number of nitrogens with zero attached hydrogens (tertiary/aromatic N) is 3. The van der Waals surface area contributed by atoms with Gasteiger partial charge in [-0.05, 0) is 18.8 Å². The van der Waals surface area contributed by atoms with Gasteiger partial charge in [0.05, 0.1) is 6.54 Å². The highest BCUT2D eigenvalue weighted by atomic mass is 19.4. The van der Waals surface area contributed by atoms with E-state index in [-0.39, 0.29) is 0 Å². The molecule has 1 aliphatic rings. The SMILES string of the molecule is FC(F)(F)c1[c]nn(CC2CCC2)n1. The van der Waals surface area contributed by atoms with Gasteiger partial charge in [0.15, 0.2) is 5.69 Å². The fourth-order valence-electron chi connectivity index (χ4n) is 1.37. The van der Waals surface area contributed by atoms with Crippen LogP contribution in [0.5, 0.6) is 0 Å². The summed E-state index contributed by atoms with van der Waals surface area (Å²) in [6, 6.07) is 0. The van der Waals surface area contributed by atoms with E-state index in [0.29, 0.717) is 12.5 Å². The smallest absolute Gasteiger partial charge is 0.183 e. The van der Waals surface area contributed by atoms with Gasteiger partial charge in [-0.25, -0.2) is 0 Å². The van der Waals surface area contributed by atoms with Crippen molar-refractivity contribution in [1.29, 1.82) is 0 Å². The Morgan fingerprint density at radius 1 is 1.43 bits per heavy atom. The molecule has 0 unspecified atom stereocenters. The van der Waals surface area contributed by atoms with Gasteiger partial charge in [-0.1, -0.05) is 6.42 Å². The van der Waals surface area contributed by atoms with Crippen LogP contribution in [0.3, 0.4) is 0 Å². The number of aromatic nitrogens is 3. The molecular weight excluding hydrogens is 195 g/mol. The van der Waals surface area contributed by atoms with E-state index >= 15 is 0 Å². The summed E-state index contributed by atoms with van der Waals surface area (Å²) in [7, 11) is 0. The first-order chi connectivity index (χ1) is 6.55. The Hall–Kier alpha value is -1.07. The molecule has 0 aliphatic heterocycles. The van der Waals surface area contributed by atoms with Gasteiger partial charge < -0.3 is 0 Å². The van der Waals surface area contributed by atoms with Crippen LogP contribution in [0.1, 0.15) is 25.0 Å². The minimum absolute atomic E-state index is 0.442. The highest BCUT2D eigenvalue weighted by molar-refractivity contribution is 4.94. The molecule has 2 rings (SSSR count). The number of alkyl halides is 3. The van der Waals surface area contributed by atoms with Crippen molar-refractivity contribution >= 4 is 0 Å². The second kappa shape index (κ2) is 3.25. The summed E-state index contributed by atoms with van der Waals surface area (Å²) < 4.78 is 36.3. The summed E-state index contributed by atoms with van der Waals surface area (Å²) in [6.45, 7) is 0.479. The highest BCUT2D eigenvalue weighted by Gasteiger charge is 2.35. The van der Waals surface area contributed by atoms with Crippen LogP contribution in [0.25, 0.3) is 0 Å². The van der Waals surface area contributed by atoms with Crippen LogP contribution in [0.4, 0.5) is 13.2 Å². The largest absolute Gasteiger partial charge is 0.437 e. The second-order valence-electron chi connectivity index (χ2n) is 3.51. The molecule has 0 amide bonds. The van der Waals surface area contributed by atoms with Gasteiger partial charge in [-0.3, -0.25) is 0 Å². The predicted octanol–water partition coefficient (Wildman–Crippen LogP) is 1.90. The zero-order chi connectivity index (χ0) is 10.2. The van der Waals surface area contributed by atoms with Crippen LogP contribution in [-0.4, -0.2) is 15.0 Å². The molecule has 3 nitrogen and oxygen atoms in total. The van der Waals surface area contributed by atoms with Crippen molar-refractivity contribution in [3.05, 3.63) is 11.9 Å². The van der Waals surface area contributed by atoms with Crippen LogP contribution in [0.2, 0.25) is 0 Å². The lowest BCUT2D eigenvalue weighted by atomic mass is 9.86. The molecule has 14 heavy (non-hydrogen) atoms. The van der Waals surface area contributed by atoms with Gasteiger partial charge in [0, 0.05) is 0 Å². The van der Waals surface area contributed by atoms with E-state index in [0.717, 1.165) is 24.1 Å². The van der Waals surface area contributed by atoms with Gasteiger partial charge in [0.1, 0.15) is 6.20 Å². The van der Waals surface area contributed by atoms with Crippen molar-refractivity contribution in [2.24, 2.45) is 5.92 Å². The first kappa shape index (κ1) is 9.48. The topological polar surface area (TPSA) is 30.7 Å². The summed E-state index contributed by atoms with van der Waals surface area (Å²) in [5.74, 6) is 0.442. The number of hydrogen-bond donors (Lipinski definition) is 0. The molecule has 0 N–H and O–H groups in total. The molecule has 1 fully saturated rings. The zero-order valence-electron chi connectivity index (χ0n) is 7.38. The fourth-order valence-corrected chi connectivity index (χ4v) is 1.37. The fraction of sp³-hybridized carbons (Fsp3) is 0.750. The van der Waals surface area contributed by atoms with Crippen molar-refractivity contribution in [2.45, 2.75) is 32.0 Å². The molecule has 6 heteroatoms. The molecule has 0 spiro atoms. The summed E-state index contributed by atoms with van der Waals surface area (Å²) in [5, 5.41) is 6.79. The molecule has 0 aromatic carbocycles. The molecule has 0 bridgehead atoms. The van der Waals surface area contributed by atoms with E-state index in [1.165, 1.54) is 0 Å². The van der Waals surface area contributed by atoms with Crippen LogP contribution < -0.4 is 0 Å². The van der Waals surface area contributed by atoms with Gasteiger partial charge >= 0.3 is 6.18 Å². The minimum atomic E-state index is -4.43. The molecule has 0 atom stereocenters. The summed E-state index contributed by atoms with van der Waals surface area (Å²) in [6.07, 6.45) is 0.715. The van der Waals surface area contributed by atoms with E-state index in [2.05, 4.69) is 10.2 Å². The van der Waals surface area contributed by atoms with Crippen LogP contribution in [0.15, 0.2) is 0 Å². The van der Waals surface area contributed by atoms with Gasteiger partial charge in [0.25, 0.3) is 0 Å². The molecule has 1 aliphatic carbocycles. The molecule has 1 saturated carbocycles. The molecule has 0 saturated heterocycles. The lowest BCUT2D eigenvalue weighted by Gasteiger charge is -2.24. The maximum atomic E-state index is 12.1. The lowest BCUT2D eigenvalue weighted by Crippen LogP contribution is -2.20. The monoisotopic (exact) mass is 204 g/mol. The lowest BCUT2D eigenvalue weighted by molar-refractivity contribution is -0.141. The van der Waals surface area contributed by atoms with Crippen molar-refractivity contribution in [1.82, 2.24) is 15.0 Å². The van der Waals surface area contributed by atoms with Gasteiger partial charge in [0.2, 0.25) is 0 Å². The molecule has 1 aromatic rings. The molecule has 1 heterocycles. The van der Waals surface area contributed by atoms with E-state index < -0.39 is 11.9 Å². The first-order valence-electron chi connectivity index (χ1n) is 4.46. The van der Waals surface area contributed by atoms with E-state index in [1.54, 1.807) is 0 Å². The Morgan fingerprint density at radius 2 is 2.14 bits per heavy atom. The number of halogens is 3. The molecular formula is C8H9F3N3. The van der Waals surface area contributed by atoms with E-state index in [4.69, 9.17) is 0 Å². The third kappa shape index (κ3) is 1.88. The summed E-state index contributed by atoms with van der Waals surface area (Å²) in [5.41, 5.74) is -1.03. The van der Waals surface area contributed by atoms with Crippen molar-refractivity contribution in [2.75, 3.05) is 0 Å². The average molecular weight is 204 g/mol. The Balaban J connectivity index is 2.02. The van der Waals surface area contributed by atoms with Gasteiger partial charge in [-0.15, -0.1) is 5.10 Å². The molecule has 77 valence electrons. The standard InChI is InChI=1S/C8H9F3N3/c9-8(10,11)7-4-12-14(13-7)5-6-2-1-3-6/h6H,1-3,5H2. The Kier molecular flexibility index (Phi) is 2.20. The quantitative estimate of drug-likeness (QED) is 0.736. The van der Waals surface area contributed by atoms with Crippen molar-refractivity contribution in [3.63, 3.8) is 0 Å². The highest BCUT2D eigenvalue weighted by Crippen LogP contribution is 2.29. The van der Waals surface area contributed by atoms with Crippen molar-refractivity contribution < 1.29 is 13.2 Å². The minimum Gasteiger partial charge on any atom is -0.183 e. The maximum Gasteiger partial charge on any atom is 0.437 e. The Labute approximate surface area is 78.9 Å². The third-order valence-electron chi connectivity index (χ3n) is 2.40. The average Bonchev–Trinajstić information content (AvgIpc) is 2.43. The second-order valence-corrected chi connectivity index (χ2v) is 3.51. The number of hydrogen-bond acceptors (Lipinski definition) is 2. The predicted molar refractivity (Wildman–Crippen MR) is 41.2 cm³/mol. The molecule has 1 radical (unpaired) electrons. The van der Waals surface area contributed by atoms with E-state index in [9.17, 15) is 13.2 Å².